The Morgan fingerprint density at radius 1 is 0.459 bits per heavy atom. The van der Waals surface area contributed by atoms with Gasteiger partial charge in [0.1, 0.15) is 72.5 Å². The minimum Gasteiger partial charge on any atom is -0.480 e. The zero-order valence-corrected chi connectivity index (χ0v) is 65.1. The van der Waals surface area contributed by atoms with E-state index in [4.69, 9.17) is 17.2 Å². The zero-order chi connectivity index (χ0) is 84.3. The van der Waals surface area contributed by atoms with Crippen molar-refractivity contribution in [3.05, 3.63) is 108 Å². The summed E-state index contributed by atoms with van der Waals surface area (Å²) < 4.78 is 18.8. The van der Waals surface area contributed by atoms with Gasteiger partial charge in [-0.1, -0.05) is 107 Å². The number of nitrogens with one attached hydrogen (secondary N) is 14. The fourth-order valence-corrected chi connectivity index (χ4v) is 11.7. The van der Waals surface area contributed by atoms with Crippen molar-refractivity contribution in [3.63, 3.8) is 0 Å². The minimum absolute atomic E-state index is 0.0180. The average Bonchev–Trinajstić information content (AvgIpc) is 1.75. The first-order valence-electron chi connectivity index (χ1n) is 37.6. The molecule has 0 spiro atoms. The van der Waals surface area contributed by atoms with Gasteiger partial charge in [-0.25, -0.2) is 4.79 Å². The van der Waals surface area contributed by atoms with E-state index in [9.17, 15) is 80.8 Å². The summed E-state index contributed by atoms with van der Waals surface area (Å²) in [7, 11) is 0. The fourth-order valence-electron chi connectivity index (χ4n) is 11.2. The number of carbonyl (C=O) groups excluding carboxylic acids is 13. The maximum absolute atomic E-state index is 15.3. The van der Waals surface area contributed by atoms with Gasteiger partial charge in [0.05, 0.1) is 31.4 Å². The number of para-hydroxylation sites is 1. The van der Waals surface area contributed by atoms with E-state index in [0.717, 1.165) is 13.8 Å². The van der Waals surface area contributed by atoms with Crippen LogP contribution in [0.2, 0.25) is 2.82 Å². The number of nitrogens with two attached hydrogens (primary N) is 3. The van der Waals surface area contributed by atoms with E-state index in [1.54, 1.807) is 119 Å². The summed E-state index contributed by atoms with van der Waals surface area (Å²) in [4.78, 5) is 198. The highest BCUT2D eigenvalue weighted by molar-refractivity contribution is 7.80. The number of aromatic nitrogens is 1. The van der Waals surface area contributed by atoms with Gasteiger partial charge in [0.15, 0.2) is 2.82 Å². The molecule has 4 aromatic rings. The third kappa shape index (κ3) is 31.5. The number of aliphatic hydroxyl groups excluding tert-OH is 3. The average molecular weight is 1590 g/mol. The second-order valence-electron chi connectivity index (χ2n) is 27.7. The van der Waals surface area contributed by atoms with Crippen LogP contribution in [0.15, 0.2) is 91.1 Å². The predicted octanol–water partition coefficient (Wildman–Crippen LogP) is -3.87. The van der Waals surface area contributed by atoms with E-state index in [0.29, 0.717) is 45.7 Å². The molecule has 1 aromatic heterocycles. The summed E-state index contributed by atoms with van der Waals surface area (Å²) in [5, 5.41) is 69.6. The third-order valence-corrected chi connectivity index (χ3v) is 18.4. The first-order valence-corrected chi connectivity index (χ1v) is 37.9. The Labute approximate surface area is 658 Å². The Hall–Kier alpha value is -9.76. The molecule has 0 aliphatic heterocycles. The van der Waals surface area contributed by atoms with Gasteiger partial charge in [-0.2, -0.15) is 25.3 Å². The SMILES string of the molecule is [2H]N(C(=O)[C@H](CCCCN)NC(=O)[C@H](Cc1c[nH]c2ccccc12)NC(=O)[C@H](Cc1ccccc1)N([2H])C(=O)[C@H](CC(C)C)NC(=O)[C@H](C)NC(=O)[C@H](CCCCN)NC(=O)[C@H](CS)NC(=O)CNC(=O)[C@H](N)C(C)C)[C@H](C(=O)N[C@@H](Cc1ccccc1)C(=O)N[C@H](C(=O)N[C@@H](CO)C(=O)N[C@@H](CS)C(=O)O)[C@@H](C)O)[C@@H](C)O. The second-order valence-corrected chi connectivity index (χ2v) is 28.4. The number of aromatic amines is 1. The number of amides is 13. The van der Waals surface area contributed by atoms with Gasteiger partial charge in [-0.15, -0.1) is 0 Å². The van der Waals surface area contributed by atoms with Gasteiger partial charge in [-0.3, -0.25) is 62.3 Å². The Balaban J connectivity index is 1.69. The number of hydrogen-bond donors (Lipinski definition) is 23. The standard InChI is InChI=1S/C74H111N17O18S2/c1-39(2)30-51(84-62(96)41(5)80-63(97)49(26-16-18-28-75)83-70(104)56(37-110)81-58(95)35-79-71(105)59(77)40(3)4)65(99)85-52(31-44-20-10-8-11-21-44)66(100)86-54(33-46-34-78-48-25-15-14-24-47(46)48)67(101)82-50(27-17-19-29-76)64(98)90-60(42(6)93)72(106)87-53(32-45-22-12-9-13-23-45)68(102)91-61(43(7)94)73(107)88-55(36-92)69(103)89-57(38-111)74(108)109/h8-15,20-25,34,39-43,49-57,59-61,78,92-94,110-111H,16-19,26-33,35-38,75-77H2,1-7H3,(H,79,105)(H,80,97)(H,81,95)(H,82,101)(H,83,104)(H,84,96)(H,85,99)(H,86,100)(H,87,106)(H,88,107)(H,89,103)(H,90,98)(H,91,102)(H,108,109)/t41-,42+,43+,49-,50-,51-,52-,53-,54-,55-,56-,57-,59+,60-,61-/m0/s1/i/hD2. The molecule has 3 aromatic carbocycles. The Kier molecular flexibility index (Phi) is 39.1. The molecule has 37 heteroatoms. The molecule has 24 N–H and O–H groups in total. The number of benzene rings is 3. The van der Waals surface area contributed by atoms with Crippen LogP contribution in [0.25, 0.3) is 10.9 Å². The zero-order valence-electron chi connectivity index (χ0n) is 65.3. The number of rotatable bonds is 49. The molecule has 0 saturated heterocycles. The number of H-pyrrole nitrogens is 1. The third-order valence-electron chi connectivity index (χ3n) is 17.7. The number of aliphatic hydroxyl groups is 3. The van der Waals surface area contributed by atoms with Crippen molar-refractivity contribution in [2.45, 2.75) is 203 Å². The van der Waals surface area contributed by atoms with Gasteiger partial charge in [0, 0.05) is 47.9 Å². The highest BCUT2D eigenvalue weighted by Crippen LogP contribution is 2.21. The van der Waals surface area contributed by atoms with Crippen LogP contribution in [0.1, 0.15) is 110 Å². The highest BCUT2D eigenvalue weighted by atomic mass is 32.1. The predicted molar refractivity (Wildman–Crippen MR) is 418 cm³/mol. The topological polar surface area (TPSA) is 570 Å². The molecule has 15 atom stereocenters. The molecular weight excluding hydrogens is 1480 g/mol. The molecule has 0 bridgehead atoms. The van der Waals surface area contributed by atoms with Crippen molar-refractivity contribution < 1.29 is 90.4 Å². The maximum atomic E-state index is 15.3. The quantitative estimate of drug-likeness (QED) is 0.0149. The van der Waals surface area contributed by atoms with Crippen molar-refractivity contribution in [1.29, 1.82) is 0 Å². The number of carboxylic acids is 1. The van der Waals surface area contributed by atoms with E-state index in [1.165, 1.54) is 6.92 Å². The highest BCUT2D eigenvalue weighted by Gasteiger charge is 2.39. The number of unbranched alkanes of at least 4 members (excludes halogenated alkanes) is 2. The molecule has 111 heavy (non-hydrogen) atoms. The molecule has 13 amide bonds. The lowest BCUT2D eigenvalue weighted by atomic mass is 9.99. The van der Waals surface area contributed by atoms with E-state index in [1.807, 2.05) is 0 Å². The largest absolute Gasteiger partial charge is 0.480 e. The normalized spacial score (nSPS) is 15.6. The van der Waals surface area contributed by atoms with Gasteiger partial charge >= 0.3 is 5.97 Å². The number of carboxylic acid groups (broad SMARTS) is 1. The van der Waals surface area contributed by atoms with E-state index in [2.05, 4.69) is 88.7 Å². The molecule has 1 heterocycles. The summed E-state index contributed by atoms with van der Waals surface area (Å²) in [5.74, 6) is -16.1. The lowest BCUT2D eigenvalue weighted by Gasteiger charge is -2.29. The lowest BCUT2D eigenvalue weighted by Crippen LogP contribution is -2.63. The molecule has 0 unspecified atom stereocenters. The summed E-state index contributed by atoms with van der Waals surface area (Å²) in [6.07, 6.45) is -2.41. The number of thiol groups is 2. The van der Waals surface area contributed by atoms with Crippen LogP contribution in [-0.4, -0.2) is 237 Å². The molecule has 0 radical (unpaired) electrons. The van der Waals surface area contributed by atoms with Gasteiger partial charge < -0.3 is 112 Å². The van der Waals surface area contributed by atoms with E-state index < -0.39 is 187 Å². The summed E-state index contributed by atoms with van der Waals surface area (Å²) in [5.41, 5.74) is 19.4. The van der Waals surface area contributed by atoms with Crippen LogP contribution >= 0.6 is 25.3 Å². The van der Waals surface area contributed by atoms with E-state index >= 15 is 9.59 Å². The summed E-state index contributed by atoms with van der Waals surface area (Å²) in [6.45, 7) is 9.06. The number of aliphatic carboxylic acids is 1. The number of carbonyl (C=O) groups is 14. The van der Waals surface area contributed by atoms with Crippen LogP contribution < -0.4 is 86.3 Å². The lowest BCUT2D eigenvalue weighted by molar-refractivity contribution is -0.142. The molecule has 0 aliphatic carbocycles. The van der Waals surface area contributed by atoms with Crippen molar-refractivity contribution >= 4 is 119 Å². The summed E-state index contributed by atoms with van der Waals surface area (Å²) in [6, 6.07) is 2.19. The Morgan fingerprint density at radius 3 is 1.43 bits per heavy atom. The molecule has 4 rings (SSSR count). The Bertz CT molecular complexity index is 3830. The molecule has 0 fully saturated rings. The molecular formula is C74H111N17O18S2. The fraction of sp³-hybridized carbons (Fsp3) is 0.541. The first kappa shape index (κ1) is 90.1. The molecule has 35 nitrogen and oxygen atoms in total. The second kappa shape index (κ2) is 48.1. The first-order chi connectivity index (χ1) is 53.5. The van der Waals surface area contributed by atoms with Crippen LogP contribution in [0.3, 0.4) is 0 Å². The minimum atomic E-state index is -2.19. The van der Waals surface area contributed by atoms with Gasteiger partial charge in [0.2, 0.25) is 76.8 Å². The maximum Gasteiger partial charge on any atom is 0.327 e. The Morgan fingerprint density at radius 2 is 0.901 bits per heavy atom. The summed E-state index contributed by atoms with van der Waals surface area (Å²) >= 11 is 8.10. The number of fused-ring (bicyclic) bond motifs is 1. The number of hydrogen-bond acceptors (Lipinski definition) is 22. The van der Waals surface area contributed by atoms with Crippen molar-refractivity contribution in [1.82, 2.24) is 74.1 Å². The smallest absolute Gasteiger partial charge is 0.327 e. The molecule has 0 aliphatic rings. The van der Waals surface area contributed by atoms with Crippen LogP contribution in [0.5, 0.6) is 0 Å². The van der Waals surface area contributed by atoms with Gasteiger partial charge in [0.25, 0.3) is 0 Å². The van der Waals surface area contributed by atoms with Crippen molar-refractivity contribution in [3.8, 4) is 0 Å². The van der Waals surface area contributed by atoms with Crippen LogP contribution in [0, 0.1) is 11.8 Å². The molecule has 612 valence electrons. The van der Waals surface area contributed by atoms with Gasteiger partial charge in [-0.05, 0) is 113 Å². The van der Waals surface area contributed by atoms with Crippen LogP contribution in [0.4, 0.5) is 0 Å². The molecule has 0 saturated carbocycles. The monoisotopic (exact) mass is 1590 g/mol. The van der Waals surface area contributed by atoms with Crippen molar-refractivity contribution in [2.24, 2.45) is 29.0 Å². The van der Waals surface area contributed by atoms with E-state index in [-0.39, 0.29) is 93.1 Å². The van der Waals surface area contributed by atoms with Crippen LogP contribution in [-0.2, 0) is 86.4 Å². The van der Waals surface area contributed by atoms with Crippen molar-refractivity contribution in [2.75, 3.05) is 37.7 Å².